The van der Waals surface area contributed by atoms with Gasteiger partial charge in [-0.25, -0.2) is 8.42 Å². The van der Waals surface area contributed by atoms with Gasteiger partial charge in [-0.2, -0.15) is 0 Å². The molecule has 0 spiro atoms. The van der Waals surface area contributed by atoms with Crippen LogP contribution in [0.4, 0.5) is 24.5 Å². The van der Waals surface area contributed by atoms with Gasteiger partial charge in [0.05, 0.1) is 12.3 Å². The third kappa shape index (κ3) is 7.12. The maximum atomic E-state index is 13.0. The summed E-state index contributed by atoms with van der Waals surface area (Å²) in [5.41, 5.74) is 0.728. The zero-order chi connectivity index (χ0) is 26.3. The lowest BCUT2D eigenvalue weighted by Gasteiger charge is -2.17. The minimum absolute atomic E-state index is 0.0702. The maximum Gasteiger partial charge on any atom is 0.573 e. The predicted molar refractivity (Wildman–Crippen MR) is 126 cm³/mol. The van der Waals surface area contributed by atoms with Crippen molar-refractivity contribution in [1.29, 1.82) is 0 Å². The van der Waals surface area contributed by atoms with Crippen LogP contribution in [-0.4, -0.2) is 34.4 Å². The first kappa shape index (κ1) is 26.8. The number of carbonyl (C=O) groups excluding carboxylic acids is 1. The predicted octanol–water partition coefficient (Wildman–Crippen LogP) is 5.11. The van der Waals surface area contributed by atoms with E-state index in [9.17, 15) is 26.4 Å². The van der Waals surface area contributed by atoms with Crippen LogP contribution in [0, 0.1) is 0 Å². The molecule has 0 saturated heterocycles. The number of nitrogens with one attached hydrogen (secondary N) is 2. The highest BCUT2D eigenvalue weighted by Gasteiger charge is 2.31. The Bertz CT molecular complexity index is 1300. The topological polar surface area (TPSA) is 103 Å². The second-order valence-corrected chi connectivity index (χ2v) is 8.94. The number of hydrogen-bond acceptors (Lipinski definition) is 6. The molecule has 0 saturated carbocycles. The van der Waals surface area contributed by atoms with Gasteiger partial charge in [-0.1, -0.05) is 36.4 Å². The highest BCUT2D eigenvalue weighted by atomic mass is 32.2. The van der Waals surface area contributed by atoms with E-state index in [0.29, 0.717) is 5.56 Å². The molecule has 0 bridgehead atoms. The van der Waals surface area contributed by atoms with E-state index in [0.717, 1.165) is 12.1 Å². The van der Waals surface area contributed by atoms with E-state index in [1.54, 1.807) is 37.3 Å². The molecule has 8 nitrogen and oxygen atoms in total. The van der Waals surface area contributed by atoms with E-state index >= 15 is 0 Å². The van der Waals surface area contributed by atoms with Crippen molar-refractivity contribution >= 4 is 27.3 Å². The van der Waals surface area contributed by atoms with E-state index in [-0.39, 0.29) is 28.6 Å². The van der Waals surface area contributed by atoms with Crippen LogP contribution in [-0.2, 0) is 19.6 Å². The summed E-state index contributed by atoms with van der Waals surface area (Å²) >= 11 is 0. The Kier molecular flexibility index (Phi) is 8.43. The van der Waals surface area contributed by atoms with E-state index in [1.807, 2.05) is 0 Å². The van der Waals surface area contributed by atoms with Gasteiger partial charge in [0.25, 0.3) is 15.9 Å². The monoisotopic (exact) mass is 524 g/mol. The van der Waals surface area contributed by atoms with Crippen LogP contribution in [0.1, 0.15) is 18.6 Å². The minimum atomic E-state index is -4.93. The molecule has 192 valence electrons. The number of amides is 1. The molecule has 3 rings (SSSR count). The van der Waals surface area contributed by atoms with Crippen molar-refractivity contribution in [2.45, 2.75) is 24.3 Å². The zero-order valence-electron chi connectivity index (χ0n) is 19.2. The number of sulfonamides is 1. The molecule has 0 heterocycles. The Labute approximate surface area is 206 Å². The van der Waals surface area contributed by atoms with Crippen LogP contribution in [0.25, 0.3) is 0 Å². The first-order valence-corrected chi connectivity index (χ1v) is 12.0. The number of halogens is 3. The van der Waals surface area contributed by atoms with Crippen LogP contribution >= 0.6 is 0 Å². The molecule has 0 aliphatic carbocycles. The summed E-state index contributed by atoms with van der Waals surface area (Å²) in [5, 5.41) is 2.67. The van der Waals surface area contributed by atoms with E-state index in [4.69, 9.17) is 9.47 Å². The SMILES string of the molecule is CCOc1cc(NC(=O)C(OC)c2ccccc2)ccc1S(=O)(=O)Nc1cccc(OC(F)(F)F)c1. The molecule has 0 aromatic heterocycles. The normalized spacial score (nSPS) is 12.5. The third-order valence-corrected chi connectivity index (χ3v) is 6.12. The fourth-order valence-corrected chi connectivity index (χ4v) is 4.45. The molecule has 0 fully saturated rings. The van der Waals surface area contributed by atoms with Gasteiger partial charge in [0.2, 0.25) is 0 Å². The molecular weight excluding hydrogens is 501 g/mol. The fraction of sp³-hybridized carbons (Fsp3) is 0.208. The quantitative estimate of drug-likeness (QED) is 0.382. The lowest BCUT2D eigenvalue weighted by atomic mass is 10.1. The number of alkyl halides is 3. The molecule has 1 unspecified atom stereocenters. The number of hydrogen-bond donors (Lipinski definition) is 2. The molecule has 0 aliphatic heterocycles. The first-order chi connectivity index (χ1) is 17.0. The van der Waals surface area contributed by atoms with Crippen LogP contribution in [0.3, 0.4) is 0 Å². The largest absolute Gasteiger partial charge is 0.573 e. The Hall–Kier alpha value is -3.77. The smallest absolute Gasteiger partial charge is 0.492 e. The van der Waals surface area contributed by atoms with Gasteiger partial charge in [0.15, 0.2) is 6.10 Å². The highest BCUT2D eigenvalue weighted by molar-refractivity contribution is 7.92. The molecule has 1 atom stereocenters. The second-order valence-electron chi connectivity index (χ2n) is 7.29. The molecule has 3 aromatic carbocycles. The number of methoxy groups -OCH3 is 1. The van der Waals surface area contributed by atoms with E-state index in [1.165, 1.54) is 37.4 Å². The Balaban J connectivity index is 1.84. The summed E-state index contributed by atoms with van der Waals surface area (Å²) in [5.74, 6) is -1.14. The Morgan fingerprint density at radius 3 is 2.33 bits per heavy atom. The average molecular weight is 525 g/mol. The van der Waals surface area contributed by atoms with Crippen molar-refractivity contribution in [3.8, 4) is 11.5 Å². The van der Waals surface area contributed by atoms with Crippen LogP contribution in [0.5, 0.6) is 11.5 Å². The minimum Gasteiger partial charge on any atom is -0.492 e. The van der Waals surface area contributed by atoms with Crippen molar-refractivity contribution in [2.24, 2.45) is 0 Å². The summed E-state index contributed by atoms with van der Waals surface area (Å²) in [6.45, 7) is 1.75. The first-order valence-electron chi connectivity index (χ1n) is 10.6. The summed E-state index contributed by atoms with van der Waals surface area (Å²) < 4.78 is 80.3. The van der Waals surface area contributed by atoms with E-state index in [2.05, 4.69) is 14.8 Å². The number of benzene rings is 3. The van der Waals surface area contributed by atoms with Crippen molar-refractivity contribution in [3.63, 3.8) is 0 Å². The molecule has 12 heteroatoms. The van der Waals surface area contributed by atoms with Gasteiger partial charge in [-0.05, 0) is 36.8 Å². The lowest BCUT2D eigenvalue weighted by molar-refractivity contribution is -0.274. The van der Waals surface area contributed by atoms with Crippen molar-refractivity contribution < 1.29 is 40.6 Å². The lowest BCUT2D eigenvalue weighted by Crippen LogP contribution is -2.22. The molecule has 0 radical (unpaired) electrons. The van der Waals surface area contributed by atoms with Gasteiger partial charge >= 0.3 is 6.36 Å². The maximum absolute atomic E-state index is 13.0. The number of ether oxygens (including phenoxy) is 3. The third-order valence-electron chi connectivity index (χ3n) is 4.70. The molecule has 1 amide bonds. The van der Waals surface area contributed by atoms with E-state index < -0.39 is 34.1 Å². The molecule has 0 aliphatic rings. The molecule has 3 aromatic rings. The summed E-state index contributed by atoms with van der Waals surface area (Å²) in [7, 11) is -2.90. The van der Waals surface area contributed by atoms with Gasteiger partial charge < -0.3 is 19.5 Å². The van der Waals surface area contributed by atoms with Gasteiger partial charge in [-0.15, -0.1) is 13.2 Å². The number of carbonyl (C=O) groups is 1. The van der Waals surface area contributed by atoms with Gasteiger partial charge in [0.1, 0.15) is 16.4 Å². The molecule has 36 heavy (non-hydrogen) atoms. The van der Waals surface area contributed by atoms with Gasteiger partial charge in [0, 0.05) is 24.9 Å². The molecule has 2 N–H and O–H groups in total. The average Bonchev–Trinajstić information content (AvgIpc) is 2.79. The summed E-state index contributed by atoms with van der Waals surface area (Å²) in [6, 6.07) is 17.1. The summed E-state index contributed by atoms with van der Waals surface area (Å²) in [4.78, 5) is 12.5. The van der Waals surface area contributed by atoms with Crippen LogP contribution in [0.15, 0.2) is 77.7 Å². The second kappa shape index (κ2) is 11.3. The van der Waals surface area contributed by atoms with Crippen molar-refractivity contribution in [2.75, 3.05) is 23.8 Å². The number of anilines is 2. The fourth-order valence-electron chi connectivity index (χ4n) is 3.27. The number of rotatable bonds is 10. The Morgan fingerprint density at radius 1 is 0.972 bits per heavy atom. The molecular formula is C24H23F3N2O6S. The highest BCUT2D eigenvalue weighted by Crippen LogP contribution is 2.31. The zero-order valence-corrected chi connectivity index (χ0v) is 20.0. The van der Waals surface area contributed by atoms with Crippen molar-refractivity contribution in [3.05, 3.63) is 78.4 Å². The van der Waals surface area contributed by atoms with Crippen LogP contribution in [0.2, 0.25) is 0 Å². The van der Waals surface area contributed by atoms with Crippen LogP contribution < -0.4 is 19.5 Å². The van der Waals surface area contributed by atoms with Gasteiger partial charge in [-0.3, -0.25) is 9.52 Å². The van der Waals surface area contributed by atoms with Crippen molar-refractivity contribution in [1.82, 2.24) is 0 Å². The standard InChI is InChI=1S/C24H23F3N2O6S/c1-3-34-20-15-17(28-23(30)22(33-2)16-8-5-4-6-9-16)12-13-21(20)36(31,32)29-18-10-7-11-19(14-18)35-24(25,26)27/h4-15,22,29H,3H2,1-2H3,(H,28,30). The summed E-state index contributed by atoms with van der Waals surface area (Å²) in [6.07, 6.45) is -5.83. The Morgan fingerprint density at radius 2 is 1.69 bits per heavy atom.